The van der Waals surface area contributed by atoms with E-state index in [1.807, 2.05) is 19.1 Å². The lowest BCUT2D eigenvalue weighted by atomic mass is 9.98. The minimum absolute atomic E-state index is 0.469. The monoisotopic (exact) mass is 521 g/mol. The topological polar surface area (TPSA) is 76.3 Å². The standard InChI is InChI=1S/C22H24IN3O4/c1-13(25-17-10-20(29-4)22(30-5)21(23)16(17)11-24)26-7-6-14-8-18(27-2)19(28-3)9-15(14)12-26/h8-10H,6-7,12H2,1-5H3. The van der Waals surface area contributed by atoms with Crippen molar-refractivity contribution in [3.63, 3.8) is 0 Å². The molecule has 0 atom stereocenters. The Kier molecular flexibility index (Phi) is 6.92. The van der Waals surface area contributed by atoms with Crippen molar-refractivity contribution >= 4 is 34.1 Å². The van der Waals surface area contributed by atoms with Crippen molar-refractivity contribution in [3.8, 4) is 29.1 Å². The molecule has 0 bridgehead atoms. The van der Waals surface area contributed by atoms with Gasteiger partial charge < -0.3 is 23.8 Å². The Hall–Kier alpha value is -2.67. The number of rotatable bonds is 5. The predicted octanol–water partition coefficient (Wildman–Crippen LogP) is 4.31. The minimum atomic E-state index is 0.469. The molecule has 0 saturated carbocycles. The third-order valence-corrected chi connectivity index (χ3v) is 6.19. The summed E-state index contributed by atoms with van der Waals surface area (Å²) in [4.78, 5) is 6.96. The number of nitrogens with zero attached hydrogens (tertiary/aromatic N) is 3. The average Bonchev–Trinajstić information content (AvgIpc) is 2.77. The van der Waals surface area contributed by atoms with Crippen molar-refractivity contribution in [3.05, 3.63) is 38.5 Å². The highest BCUT2D eigenvalue weighted by Gasteiger charge is 2.22. The number of hydrogen-bond acceptors (Lipinski definition) is 6. The molecule has 0 aliphatic carbocycles. The fourth-order valence-electron chi connectivity index (χ4n) is 3.54. The van der Waals surface area contributed by atoms with Crippen LogP contribution in [0.2, 0.25) is 0 Å². The molecule has 0 spiro atoms. The van der Waals surface area contributed by atoms with E-state index in [0.717, 1.165) is 24.6 Å². The molecule has 0 unspecified atom stereocenters. The van der Waals surface area contributed by atoms with Gasteiger partial charge in [-0.2, -0.15) is 5.26 Å². The molecule has 1 aliphatic heterocycles. The molecule has 158 valence electrons. The second kappa shape index (κ2) is 9.43. The van der Waals surface area contributed by atoms with Gasteiger partial charge in [-0.25, -0.2) is 4.99 Å². The van der Waals surface area contributed by atoms with E-state index in [2.05, 4.69) is 33.6 Å². The van der Waals surface area contributed by atoms with Crippen LogP contribution in [0.3, 0.4) is 0 Å². The molecule has 1 heterocycles. The molecule has 3 rings (SSSR count). The third-order valence-electron chi connectivity index (χ3n) is 5.16. The smallest absolute Gasteiger partial charge is 0.175 e. The molecular formula is C22H24IN3O4. The first-order valence-electron chi connectivity index (χ1n) is 9.35. The summed E-state index contributed by atoms with van der Waals surface area (Å²) in [7, 11) is 6.42. The number of hydrogen-bond donors (Lipinski definition) is 0. The largest absolute Gasteiger partial charge is 0.493 e. The number of methoxy groups -OCH3 is 4. The SMILES string of the molecule is COc1cc2c(cc1OC)CN(C(C)=Nc1cc(OC)c(OC)c(I)c1C#N)CC2. The van der Waals surface area contributed by atoms with E-state index in [4.69, 9.17) is 23.9 Å². The van der Waals surface area contributed by atoms with Crippen LogP contribution in [0.5, 0.6) is 23.0 Å². The van der Waals surface area contributed by atoms with Crippen molar-refractivity contribution in [2.45, 2.75) is 19.9 Å². The van der Waals surface area contributed by atoms with Gasteiger partial charge in [-0.05, 0) is 59.2 Å². The molecule has 0 saturated heterocycles. The molecule has 0 radical (unpaired) electrons. The maximum Gasteiger partial charge on any atom is 0.175 e. The van der Waals surface area contributed by atoms with Gasteiger partial charge in [0.05, 0.1) is 43.3 Å². The van der Waals surface area contributed by atoms with E-state index in [9.17, 15) is 5.26 Å². The summed E-state index contributed by atoms with van der Waals surface area (Å²) in [6.45, 7) is 3.48. The van der Waals surface area contributed by atoms with Crippen LogP contribution in [0, 0.1) is 14.9 Å². The van der Waals surface area contributed by atoms with Crippen LogP contribution in [0.15, 0.2) is 23.2 Å². The molecule has 2 aromatic rings. The Morgan fingerprint density at radius 2 is 1.63 bits per heavy atom. The van der Waals surface area contributed by atoms with Crippen LogP contribution in [-0.4, -0.2) is 45.7 Å². The highest BCUT2D eigenvalue weighted by Crippen LogP contribution is 2.40. The molecule has 7 nitrogen and oxygen atoms in total. The van der Waals surface area contributed by atoms with E-state index in [-0.39, 0.29) is 0 Å². The van der Waals surface area contributed by atoms with Crippen LogP contribution in [-0.2, 0) is 13.0 Å². The lowest BCUT2D eigenvalue weighted by Gasteiger charge is -2.31. The van der Waals surface area contributed by atoms with Gasteiger partial charge in [0.15, 0.2) is 23.0 Å². The number of aliphatic imine (C=N–C) groups is 1. The summed E-state index contributed by atoms with van der Waals surface area (Å²) < 4.78 is 22.4. The van der Waals surface area contributed by atoms with Crippen LogP contribution >= 0.6 is 22.6 Å². The average molecular weight is 521 g/mol. The van der Waals surface area contributed by atoms with Gasteiger partial charge in [0.1, 0.15) is 11.9 Å². The van der Waals surface area contributed by atoms with Gasteiger partial charge in [0.2, 0.25) is 0 Å². The Morgan fingerprint density at radius 3 is 2.20 bits per heavy atom. The van der Waals surface area contributed by atoms with Crippen LogP contribution < -0.4 is 18.9 Å². The predicted molar refractivity (Wildman–Crippen MR) is 123 cm³/mol. The summed E-state index contributed by atoms with van der Waals surface area (Å²) in [6.07, 6.45) is 0.872. The molecule has 0 aromatic heterocycles. The molecular weight excluding hydrogens is 497 g/mol. The summed E-state index contributed by atoms with van der Waals surface area (Å²) >= 11 is 2.10. The quantitative estimate of drug-likeness (QED) is 0.332. The first-order valence-corrected chi connectivity index (χ1v) is 10.4. The van der Waals surface area contributed by atoms with Crippen molar-refractivity contribution in [2.75, 3.05) is 35.0 Å². The number of halogens is 1. The summed E-state index contributed by atoms with van der Waals surface area (Å²) in [6, 6.07) is 8.05. The third kappa shape index (κ3) is 4.12. The van der Waals surface area contributed by atoms with Gasteiger partial charge in [0.25, 0.3) is 0 Å². The van der Waals surface area contributed by atoms with E-state index in [0.29, 0.717) is 38.6 Å². The van der Waals surface area contributed by atoms with Crippen LogP contribution in [0.25, 0.3) is 0 Å². The number of ether oxygens (including phenoxy) is 4. The van der Waals surface area contributed by atoms with E-state index in [1.54, 1.807) is 34.5 Å². The number of amidine groups is 1. The van der Waals surface area contributed by atoms with Gasteiger partial charge in [-0.1, -0.05) is 0 Å². The van der Waals surface area contributed by atoms with Gasteiger partial charge in [-0.3, -0.25) is 0 Å². The van der Waals surface area contributed by atoms with Gasteiger partial charge in [-0.15, -0.1) is 0 Å². The minimum Gasteiger partial charge on any atom is -0.493 e. The van der Waals surface area contributed by atoms with E-state index < -0.39 is 0 Å². The Bertz CT molecular complexity index is 1030. The fraction of sp³-hybridized carbons (Fsp3) is 0.364. The molecule has 0 amide bonds. The highest BCUT2D eigenvalue weighted by molar-refractivity contribution is 14.1. The maximum absolute atomic E-state index is 9.68. The molecule has 30 heavy (non-hydrogen) atoms. The lowest BCUT2D eigenvalue weighted by Crippen LogP contribution is -2.34. The number of fused-ring (bicyclic) bond motifs is 1. The van der Waals surface area contributed by atoms with Crippen molar-refractivity contribution in [2.24, 2.45) is 4.99 Å². The Morgan fingerprint density at radius 1 is 1.00 bits per heavy atom. The van der Waals surface area contributed by atoms with Crippen LogP contribution in [0.4, 0.5) is 5.69 Å². The van der Waals surface area contributed by atoms with Crippen molar-refractivity contribution in [1.29, 1.82) is 5.26 Å². The normalized spacial score (nSPS) is 13.4. The zero-order valence-corrected chi connectivity index (χ0v) is 19.9. The zero-order chi connectivity index (χ0) is 21.8. The Labute approximate surface area is 190 Å². The zero-order valence-electron chi connectivity index (χ0n) is 17.7. The van der Waals surface area contributed by atoms with Gasteiger partial charge in [0, 0.05) is 19.2 Å². The molecule has 8 heteroatoms. The van der Waals surface area contributed by atoms with E-state index >= 15 is 0 Å². The molecule has 0 N–H and O–H groups in total. The molecule has 0 fully saturated rings. The summed E-state index contributed by atoms with van der Waals surface area (Å²) in [5.74, 6) is 3.38. The molecule has 1 aliphatic rings. The number of nitriles is 1. The maximum atomic E-state index is 9.68. The van der Waals surface area contributed by atoms with Crippen molar-refractivity contribution in [1.82, 2.24) is 4.90 Å². The van der Waals surface area contributed by atoms with Gasteiger partial charge >= 0.3 is 0 Å². The number of benzene rings is 2. The lowest BCUT2D eigenvalue weighted by molar-refractivity contribution is 0.347. The molecule has 2 aromatic carbocycles. The van der Waals surface area contributed by atoms with E-state index in [1.165, 1.54) is 11.1 Å². The second-order valence-corrected chi connectivity index (χ2v) is 7.82. The fourth-order valence-corrected chi connectivity index (χ4v) is 4.42. The highest BCUT2D eigenvalue weighted by atomic mass is 127. The Balaban J connectivity index is 1.96. The van der Waals surface area contributed by atoms with Crippen LogP contribution in [0.1, 0.15) is 23.6 Å². The summed E-state index contributed by atoms with van der Waals surface area (Å²) in [5.41, 5.74) is 3.46. The summed E-state index contributed by atoms with van der Waals surface area (Å²) in [5, 5.41) is 9.68. The first kappa shape index (κ1) is 22.0. The second-order valence-electron chi connectivity index (χ2n) is 6.74. The van der Waals surface area contributed by atoms with Crippen molar-refractivity contribution < 1.29 is 18.9 Å². The first-order chi connectivity index (χ1) is 14.5.